The van der Waals surface area contributed by atoms with E-state index in [0.29, 0.717) is 22.6 Å². The number of rotatable bonds is 3. The molecule has 0 atom stereocenters. The van der Waals surface area contributed by atoms with Gasteiger partial charge in [-0.1, -0.05) is 6.07 Å². The van der Waals surface area contributed by atoms with Gasteiger partial charge in [-0.3, -0.25) is 0 Å². The molecule has 0 aliphatic rings. The van der Waals surface area contributed by atoms with E-state index in [2.05, 4.69) is 0 Å². The van der Waals surface area contributed by atoms with E-state index in [4.69, 9.17) is 14.2 Å². The second-order valence-corrected chi connectivity index (χ2v) is 4.87. The normalized spacial score (nSPS) is 10.9. The van der Waals surface area contributed by atoms with Gasteiger partial charge in [-0.2, -0.15) is 0 Å². The Morgan fingerprint density at radius 1 is 0.727 bits per heavy atom. The lowest BCUT2D eigenvalue weighted by Gasteiger charge is -2.14. The molecule has 0 fully saturated rings. The third kappa shape index (κ3) is 1.94. The highest BCUT2D eigenvalue weighted by Gasteiger charge is 2.16. The molecule has 0 radical (unpaired) electrons. The summed E-state index contributed by atoms with van der Waals surface area (Å²) in [6.45, 7) is 0. The molecular weight excluding hydrogens is 284 g/mol. The lowest BCUT2D eigenvalue weighted by Crippen LogP contribution is -1.92. The molecule has 3 aromatic carbocycles. The quantitative estimate of drug-likeness (QED) is 0.725. The monoisotopic (exact) mass is 300 g/mol. The number of methoxy groups -OCH3 is 3. The SMILES string of the molecule is COc1cc2c(ccc3c(O)c(OC)c(OC)cc32)cc1O. The van der Waals surface area contributed by atoms with Gasteiger partial charge in [0, 0.05) is 5.39 Å². The number of phenols is 2. The molecule has 0 aromatic heterocycles. The first-order valence-corrected chi connectivity index (χ1v) is 6.68. The smallest absolute Gasteiger partial charge is 0.203 e. The van der Waals surface area contributed by atoms with Gasteiger partial charge in [0.05, 0.1) is 21.3 Å². The first kappa shape index (κ1) is 14.1. The fourth-order valence-electron chi connectivity index (χ4n) is 2.67. The molecule has 3 aromatic rings. The average molecular weight is 300 g/mol. The third-order valence-electron chi connectivity index (χ3n) is 3.75. The van der Waals surface area contributed by atoms with Crippen LogP contribution in [-0.2, 0) is 0 Å². The molecule has 5 heteroatoms. The van der Waals surface area contributed by atoms with Crippen molar-refractivity contribution < 1.29 is 24.4 Å². The van der Waals surface area contributed by atoms with Gasteiger partial charge in [-0.25, -0.2) is 0 Å². The van der Waals surface area contributed by atoms with Crippen LogP contribution in [0.4, 0.5) is 0 Å². The van der Waals surface area contributed by atoms with E-state index in [1.54, 1.807) is 24.3 Å². The minimum absolute atomic E-state index is 0.0193. The fraction of sp³-hybridized carbons (Fsp3) is 0.176. The van der Waals surface area contributed by atoms with Crippen LogP contribution >= 0.6 is 0 Å². The molecule has 5 nitrogen and oxygen atoms in total. The van der Waals surface area contributed by atoms with E-state index in [0.717, 1.165) is 16.2 Å². The highest BCUT2D eigenvalue weighted by atomic mass is 16.5. The predicted octanol–water partition coefficient (Wildman–Crippen LogP) is 3.43. The van der Waals surface area contributed by atoms with Gasteiger partial charge in [0.15, 0.2) is 23.0 Å². The van der Waals surface area contributed by atoms with Crippen LogP contribution in [0.1, 0.15) is 0 Å². The maximum atomic E-state index is 10.4. The molecule has 0 heterocycles. The zero-order valence-corrected chi connectivity index (χ0v) is 12.5. The summed E-state index contributed by atoms with van der Waals surface area (Å²) in [6, 6.07) is 8.76. The van der Waals surface area contributed by atoms with Crippen molar-refractivity contribution in [2.75, 3.05) is 21.3 Å². The Morgan fingerprint density at radius 2 is 1.41 bits per heavy atom. The van der Waals surface area contributed by atoms with Crippen molar-refractivity contribution in [3.05, 3.63) is 30.3 Å². The summed E-state index contributed by atoms with van der Waals surface area (Å²) in [5.41, 5.74) is 0. The minimum Gasteiger partial charge on any atom is -0.504 e. The van der Waals surface area contributed by atoms with Crippen LogP contribution in [0.3, 0.4) is 0 Å². The molecule has 3 rings (SSSR count). The summed E-state index contributed by atoms with van der Waals surface area (Å²) < 4.78 is 15.7. The number of hydrogen-bond acceptors (Lipinski definition) is 5. The Labute approximate surface area is 127 Å². The number of fused-ring (bicyclic) bond motifs is 3. The van der Waals surface area contributed by atoms with Crippen molar-refractivity contribution in [1.29, 1.82) is 0 Å². The Kier molecular flexibility index (Phi) is 3.33. The predicted molar refractivity (Wildman–Crippen MR) is 84.4 cm³/mol. The van der Waals surface area contributed by atoms with Crippen LogP contribution < -0.4 is 14.2 Å². The second kappa shape index (κ2) is 5.18. The van der Waals surface area contributed by atoms with E-state index in [-0.39, 0.29) is 11.5 Å². The van der Waals surface area contributed by atoms with Crippen LogP contribution in [0.25, 0.3) is 21.5 Å². The number of hydrogen-bond donors (Lipinski definition) is 2. The fourth-order valence-corrected chi connectivity index (χ4v) is 2.67. The Bertz CT molecular complexity index is 870. The molecule has 0 bridgehead atoms. The summed E-state index contributed by atoms with van der Waals surface area (Å²) in [4.78, 5) is 0. The molecule has 0 unspecified atom stereocenters. The van der Waals surface area contributed by atoms with Crippen LogP contribution in [0.5, 0.6) is 28.7 Å². The summed E-state index contributed by atoms with van der Waals surface area (Å²) >= 11 is 0. The minimum atomic E-state index is 0.0193. The molecule has 0 aliphatic heterocycles. The zero-order valence-electron chi connectivity index (χ0n) is 12.5. The second-order valence-electron chi connectivity index (χ2n) is 4.87. The number of aromatic hydroxyl groups is 2. The van der Waals surface area contributed by atoms with Crippen molar-refractivity contribution in [3.63, 3.8) is 0 Å². The van der Waals surface area contributed by atoms with Crippen molar-refractivity contribution >= 4 is 21.5 Å². The number of phenolic OH excluding ortho intramolecular Hbond substituents is 2. The topological polar surface area (TPSA) is 68.2 Å². The molecule has 0 saturated carbocycles. The van der Waals surface area contributed by atoms with E-state index < -0.39 is 0 Å². The van der Waals surface area contributed by atoms with E-state index in [9.17, 15) is 10.2 Å². The van der Waals surface area contributed by atoms with E-state index in [1.807, 2.05) is 6.07 Å². The van der Waals surface area contributed by atoms with Crippen LogP contribution in [-0.4, -0.2) is 31.5 Å². The highest BCUT2D eigenvalue weighted by molar-refractivity contribution is 6.11. The number of benzene rings is 3. The third-order valence-corrected chi connectivity index (χ3v) is 3.75. The lowest BCUT2D eigenvalue weighted by molar-refractivity contribution is 0.335. The van der Waals surface area contributed by atoms with E-state index in [1.165, 1.54) is 21.3 Å². The summed E-state index contributed by atoms with van der Waals surface area (Å²) in [5, 5.41) is 23.4. The zero-order chi connectivity index (χ0) is 15.9. The summed E-state index contributed by atoms with van der Waals surface area (Å²) in [6.07, 6.45) is 0. The Balaban J connectivity index is 2.47. The van der Waals surface area contributed by atoms with Crippen LogP contribution in [0, 0.1) is 0 Å². The Hall–Kier alpha value is -2.82. The van der Waals surface area contributed by atoms with Crippen LogP contribution in [0.2, 0.25) is 0 Å². The van der Waals surface area contributed by atoms with Crippen molar-refractivity contribution in [1.82, 2.24) is 0 Å². The molecule has 22 heavy (non-hydrogen) atoms. The van der Waals surface area contributed by atoms with Gasteiger partial charge in [0.1, 0.15) is 0 Å². The summed E-state index contributed by atoms with van der Waals surface area (Å²) in [5.74, 6) is 1.19. The molecule has 0 spiro atoms. The van der Waals surface area contributed by atoms with Crippen molar-refractivity contribution in [2.24, 2.45) is 0 Å². The Morgan fingerprint density at radius 3 is 2.05 bits per heavy atom. The van der Waals surface area contributed by atoms with Gasteiger partial charge in [-0.15, -0.1) is 0 Å². The molecular formula is C17H16O5. The van der Waals surface area contributed by atoms with Gasteiger partial charge >= 0.3 is 0 Å². The van der Waals surface area contributed by atoms with Gasteiger partial charge in [0.25, 0.3) is 0 Å². The van der Waals surface area contributed by atoms with Crippen molar-refractivity contribution in [2.45, 2.75) is 0 Å². The van der Waals surface area contributed by atoms with E-state index >= 15 is 0 Å². The maximum Gasteiger partial charge on any atom is 0.203 e. The molecule has 0 saturated heterocycles. The van der Waals surface area contributed by atoms with Gasteiger partial charge in [-0.05, 0) is 40.4 Å². The highest BCUT2D eigenvalue weighted by Crippen LogP contribution is 2.45. The first-order chi connectivity index (χ1) is 10.6. The maximum absolute atomic E-state index is 10.4. The number of ether oxygens (including phenoxy) is 3. The van der Waals surface area contributed by atoms with Crippen molar-refractivity contribution in [3.8, 4) is 28.7 Å². The molecule has 2 N–H and O–H groups in total. The van der Waals surface area contributed by atoms with Crippen LogP contribution in [0.15, 0.2) is 30.3 Å². The average Bonchev–Trinajstić information content (AvgIpc) is 2.53. The first-order valence-electron chi connectivity index (χ1n) is 6.68. The summed E-state index contributed by atoms with van der Waals surface area (Å²) in [7, 11) is 4.49. The lowest BCUT2D eigenvalue weighted by atomic mass is 10.00. The van der Waals surface area contributed by atoms with Gasteiger partial charge in [0.2, 0.25) is 5.75 Å². The molecule has 0 aliphatic carbocycles. The van der Waals surface area contributed by atoms with Gasteiger partial charge < -0.3 is 24.4 Å². The molecule has 114 valence electrons. The largest absolute Gasteiger partial charge is 0.504 e. The standard InChI is InChI=1S/C17H16O5/c1-20-14-7-11-9(6-13(14)18)4-5-10-12(11)8-15(21-2)17(22-3)16(10)19/h4-8,18-19H,1-3H3. The molecule has 0 amide bonds.